The standard InChI is InChI=1S/C18H16N6O3.C10H11NO2.C2H6/c25-16-15(22-18(26)23-16)14-7-12-13(27-14)4-3-11(21-12)10-8-19-17(20-9-10)24-5-1-2-6-24;1-11-6-7-3-4-8(13-2)5-9(7)10(11)12;1-2/h3-4,7-9,15H,1-2,5-6H2,(H2,22,23,25,26);3-5H,6H2,1-2H3;1-2H3. The van der Waals surface area contributed by atoms with Gasteiger partial charge in [0.15, 0.2) is 11.6 Å². The molecule has 2 N–H and O–H groups in total. The molecule has 1 unspecified atom stereocenters. The smallest absolute Gasteiger partial charge is 0.322 e. The second kappa shape index (κ2) is 12.2. The summed E-state index contributed by atoms with van der Waals surface area (Å²) in [5, 5.41) is 4.70. The molecule has 12 nitrogen and oxygen atoms in total. The van der Waals surface area contributed by atoms with Crippen molar-refractivity contribution in [2.24, 2.45) is 0 Å². The molecule has 1 aromatic carbocycles. The summed E-state index contributed by atoms with van der Waals surface area (Å²) in [4.78, 5) is 52.0. The van der Waals surface area contributed by atoms with Crippen molar-refractivity contribution in [2.75, 3.05) is 32.1 Å². The van der Waals surface area contributed by atoms with E-state index in [4.69, 9.17) is 9.15 Å². The SMILES string of the molecule is CC.COc1ccc2c(c1)C(=O)N(C)C2.O=C1NC(=O)C(c2cc3nc(-c4cnc(N5CCCC5)nc4)ccc3o2)N1. The van der Waals surface area contributed by atoms with Gasteiger partial charge in [0.1, 0.15) is 17.0 Å². The second-order valence-corrected chi connectivity index (χ2v) is 9.77. The van der Waals surface area contributed by atoms with E-state index in [2.05, 4.69) is 30.5 Å². The first kappa shape index (κ1) is 28.5. The number of aromatic nitrogens is 3. The second-order valence-electron chi connectivity index (χ2n) is 9.77. The highest BCUT2D eigenvalue weighted by molar-refractivity contribution is 6.04. The van der Waals surface area contributed by atoms with Crippen LogP contribution in [0.25, 0.3) is 22.4 Å². The van der Waals surface area contributed by atoms with Gasteiger partial charge in [-0.15, -0.1) is 0 Å². The molecule has 218 valence electrons. The van der Waals surface area contributed by atoms with Crippen molar-refractivity contribution in [1.82, 2.24) is 30.5 Å². The van der Waals surface area contributed by atoms with Gasteiger partial charge in [0.25, 0.3) is 11.8 Å². The number of methoxy groups -OCH3 is 1. The summed E-state index contributed by atoms with van der Waals surface area (Å²) >= 11 is 0. The maximum atomic E-state index is 11.8. The van der Waals surface area contributed by atoms with Crippen molar-refractivity contribution >= 4 is 34.9 Å². The van der Waals surface area contributed by atoms with Crippen LogP contribution in [0.4, 0.5) is 10.7 Å². The summed E-state index contributed by atoms with van der Waals surface area (Å²) in [6.07, 6.45) is 5.87. The van der Waals surface area contributed by atoms with E-state index in [1.165, 1.54) is 12.8 Å². The Balaban J connectivity index is 0.000000197. The summed E-state index contributed by atoms with van der Waals surface area (Å²) in [6.45, 7) is 6.69. The van der Waals surface area contributed by atoms with Crippen LogP contribution in [0, 0.1) is 0 Å². The van der Waals surface area contributed by atoms with Crippen LogP contribution < -0.4 is 20.3 Å². The molecular weight excluding hydrogens is 538 g/mol. The number of rotatable bonds is 4. The summed E-state index contributed by atoms with van der Waals surface area (Å²) < 4.78 is 10.7. The number of pyridine rings is 1. The third kappa shape index (κ3) is 5.73. The predicted octanol–water partition coefficient (Wildman–Crippen LogP) is 4.07. The molecule has 0 radical (unpaired) electrons. The lowest BCUT2D eigenvalue weighted by atomic mass is 10.1. The fraction of sp³-hybridized carbons (Fsp3) is 0.333. The Hall–Kier alpha value is -5.00. The normalized spacial score (nSPS) is 17.2. The van der Waals surface area contributed by atoms with E-state index in [0.29, 0.717) is 29.1 Å². The summed E-state index contributed by atoms with van der Waals surface area (Å²) in [5.41, 5.74) is 4.49. The molecule has 1 atom stereocenters. The van der Waals surface area contributed by atoms with E-state index < -0.39 is 18.0 Å². The number of imide groups is 1. The van der Waals surface area contributed by atoms with Gasteiger partial charge >= 0.3 is 6.03 Å². The van der Waals surface area contributed by atoms with Gasteiger partial charge in [-0.2, -0.15) is 0 Å². The molecule has 4 aromatic rings. The van der Waals surface area contributed by atoms with E-state index in [9.17, 15) is 14.4 Å². The highest BCUT2D eigenvalue weighted by Crippen LogP contribution is 2.28. The number of urea groups is 1. The number of carbonyl (C=O) groups excluding carboxylic acids is 3. The quantitative estimate of drug-likeness (QED) is 0.347. The zero-order valence-electron chi connectivity index (χ0n) is 24.0. The molecule has 0 saturated carbocycles. The van der Waals surface area contributed by atoms with Gasteiger partial charge < -0.3 is 24.3 Å². The van der Waals surface area contributed by atoms with Crippen molar-refractivity contribution in [3.8, 4) is 17.0 Å². The van der Waals surface area contributed by atoms with Crippen LogP contribution in [0.2, 0.25) is 0 Å². The Labute approximate surface area is 243 Å². The van der Waals surface area contributed by atoms with Crippen LogP contribution in [-0.2, 0) is 11.3 Å². The maximum absolute atomic E-state index is 11.8. The lowest BCUT2D eigenvalue weighted by Gasteiger charge is -2.14. The van der Waals surface area contributed by atoms with Crippen LogP contribution in [-0.4, -0.2) is 64.9 Å². The molecule has 2 saturated heterocycles. The maximum Gasteiger partial charge on any atom is 0.322 e. The molecule has 42 heavy (non-hydrogen) atoms. The number of hydrogen-bond acceptors (Lipinski definition) is 9. The number of ether oxygens (including phenoxy) is 1. The molecule has 12 heteroatoms. The molecule has 0 spiro atoms. The summed E-state index contributed by atoms with van der Waals surface area (Å²) in [6, 6.07) is 9.50. The minimum Gasteiger partial charge on any atom is -0.497 e. The van der Waals surface area contributed by atoms with Crippen molar-refractivity contribution in [3.05, 3.63) is 65.7 Å². The number of nitrogens with one attached hydrogen (secondary N) is 2. The average molecular weight is 572 g/mol. The Kier molecular flexibility index (Phi) is 8.32. The average Bonchev–Trinajstić information content (AvgIpc) is 3.81. The number of amides is 4. The lowest BCUT2D eigenvalue weighted by Crippen LogP contribution is -2.22. The van der Waals surface area contributed by atoms with E-state index >= 15 is 0 Å². The zero-order chi connectivity index (χ0) is 29.8. The van der Waals surface area contributed by atoms with Gasteiger partial charge in [0, 0.05) is 56.3 Å². The van der Waals surface area contributed by atoms with E-state index in [1.807, 2.05) is 32.0 Å². The van der Waals surface area contributed by atoms with Crippen molar-refractivity contribution in [3.63, 3.8) is 0 Å². The van der Waals surface area contributed by atoms with Crippen LogP contribution in [0.3, 0.4) is 0 Å². The fourth-order valence-corrected chi connectivity index (χ4v) is 4.95. The molecule has 4 amide bonds. The molecule has 3 aromatic heterocycles. The first-order valence-corrected chi connectivity index (χ1v) is 13.9. The minimum absolute atomic E-state index is 0.0777. The molecule has 0 bridgehead atoms. The van der Waals surface area contributed by atoms with Gasteiger partial charge in [0.2, 0.25) is 5.95 Å². The van der Waals surface area contributed by atoms with Crippen molar-refractivity contribution in [1.29, 1.82) is 0 Å². The molecule has 0 aliphatic carbocycles. The van der Waals surface area contributed by atoms with Gasteiger partial charge in [-0.3, -0.25) is 14.9 Å². The Morgan fingerprint density at radius 3 is 2.40 bits per heavy atom. The molecule has 2 fully saturated rings. The molecule has 3 aliphatic rings. The largest absolute Gasteiger partial charge is 0.497 e. The summed E-state index contributed by atoms with van der Waals surface area (Å²) in [7, 11) is 3.40. The zero-order valence-corrected chi connectivity index (χ0v) is 24.0. The highest BCUT2D eigenvalue weighted by atomic mass is 16.5. The molecule has 6 heterocycles. The highest BCUT2D eigenvalue weighted by Gasteiger charge is 2.33. The fourth-order valence-electron chi connectivity index (χ4n) is 4.95. The molecule has 3 aliphatic heterocycles. The van der Waals surface area contributed by atoms with E-state index in [0.717, 1.165) is 41.5 Å². The number of hydrogen-bond donors (Lipinski definition) is 2. The van der Waals surface area contributed by atoms with Crippen molar-refractivity contribution < 1.29 is 23.5 Å². The molecule has 7 rings (SSSR count). The Morgan fingerprint density at radius 1 is 1.00 bits per heavy atom. The van der Waals surface area contributed by atoms with Gasteiger partial charge in [-0.1, -0.05) is 19.9 Å². The number of fused-ring (bicyclic) bond motifs is 2. The van der Waals surface area contributed by atoms with E-state index in [1.54, 1.807) is 49.7 Å². The number of anilines is 1. The number of benzene rings is 1. The van der Waals surface area contributed by atoms with Crippen LogP contribution >= 0.6 is 0 Å². The van der Waals surface area contributed by atoms with E-state index in [-0.39, 0.29) is 5.91 Å². The minimum atomic E-state index is -0.835. The van der Waals surface area contributed by atoms with Gasteiger partial charge in [-0.05, 0) is 42.7 Å². The van der Waals surface area contributed by atoms with Crippen LogP contribution in [0.5, 0.6) is 5.75 Å². The predicted molar refractivity (Wildman–Crippen MR) is 156 cm³/mol. The number of furan rings is 1. The Bertz CT molecular complexity index is 1610. The van der Waals surface area contributed by atoms with Gasteiger partial charge in [0.05, 0.1) is 12.8 Å². The molecular formula is C30H33N7O5. The number of carbonyl (C=O) groups is 3. The first-order chi connectivity index (χ1) is 20.4. The lowest BCUT2D eigenvalue weighted by molar-refractivity contribution is -0.120. The topological polar surface area (TPSA) is 143 Å². The Morgan fingerprint density at radius 2 is 1.74 bits per heavy atom. The number of nitrogens with zero attached hydrogens (tertiary/aromatic N) is 5. The third-order valence-electron chi connectivity index (χ3n) is 7.08. The monoisotopic (exact) mass is 571 g/mol. The third-order valence-corrected chi connectivity index (χ3v) is 7.08. The van der Waals surface area contributed by atoms with Crippen LogP contribution in [0.1, 0.15) is 54.4 Å². The first-order valence-electron chi connectivity index (χ1n) is 13.9. The van der Waals surface area contributed by atoms with Gasteiger partial charge in [-0.25, -0.2) is 19.7 Å². The van der Waals surface area contributed by atoms with Crippen LogP contribution in [0.15, 0.2) is 53.2 Å². The summed E-state index contributed by atoms with van der Waals surface area (Å²) in [5.74, 6) is 1.46. The van der Waals surface area contributed by atoms with Crippen molar-refractivity contribution in [2.45, 2.75) is 39.3 Å².